The van der Waals surface area contributed by atoms with E-state index in [-0.39, 0.29) is 11.4 Å². The van der Waals surface area contributed by atoms with Crippen molar-refractivity contribution in [2.45, 2.75) is 6.61 Å². The van der Waals surface area contributed by atoms with Gasteiger partial charge in [0, 0.05) is 4.47 Å². The van der Waals surface area contributed by atoms with Crippen molar-refractivity contribution in [3.8, 4) is 23.1 Å². The van der Waals surface area contributed by atoms with Gasteiger partial charge in [-0.05, 0) is 81.7 Å². The van der Waals surface area contributed by atoms with Crippen LogP contribution in [0.2, 0.25) is 5.02 Å². The molecule has 0 unspecified atom stereocenters. The highest BCUT2D eigenvalue weighted by atomic mass is 79.9. The second kappa shape index (κ2) is 11.5. The van der Waals surface area contributed by atoms with E-state index in [1.54, 1.807) is 43.7 Å². The standard InChI is InChI=1S/C31H20Br2ClN3O4/c1-39-26-7-4-8-27-22(26)15-28(41-27)30-36-25-6-3-2-5-21(25)31(38)37(30)35-16-19-13-23(33)29(24(34)14-19)40-17-18-9-11-20(32)12-10-18/h2-16H,17H2,1H3. The van der Waals surface area contributed by atoms with Crippen LogP contribution >= 0.6 is 43.5 Å². The van der Waals surface area contributed by atoms with E-state index in [0.717, 1.165) is 15.4 Å². The number of ether oxygens (including phenoxy) is 2. The van der Waals surface area contributed by atoms with Gasteiger partial charge in [-0.15, -0.1) is 0 Å². The van der Waals surface area contributed by atoms with E-state index in [1.165, 1.54) is 4.68 Å². The van der Waals surface area contributed by atoms with Crippen LogP contribution in [0.25, 0.3) is 33.5 Å². The van der Waals surface area contributed by atoms with Crippen molar-refractivity contribution in [1.29, 1.82) is 0 Å². The third-order valence-electron chi connectivity index (χ3n) is 6.35. The van der Waals surface area contributed by atoms with Crippen LogP contribution in [0.15, 0.2) is 108 Å². The number of aromatic nitrogens is 2. The van der Waals surface area contributed by atoms with E-state index >= 15 is 0 Å². The number of hydrogen-bond donors (Lipinski definition) is 0. The Labute approximate surface area is 256 Å². The first-order valence-electron chi connectivity index (χ1n) is 12.4. The molecule has 0 aliphatic carbocycles. The Bertz CT molecular complexity index is 1980. The summed E-state index contributed by atoms with van der Waals surface area (Å²) in [4.78, 5) is 18.3. The van der Waals surface area contributed by atoms with Gasteiger partial charge in [0.05, 0.1) is 39.1 Å². The molecule has 0 bridgehead atoms. The van der Waals surface area contributed by atoms with Crippen LogP contribution in [0.5, 0.6) is 11.5 Å². The van der Waals surface area contributed by atoms with Crippen LogP contribution in [-0.2, 0) is 6.61 Å². The average Bonchev–Trinajstić information content (AvgIpc) is 3.42. The predicted octanol–water partition coefficient (Wildman–Crippen LogP) is 8.46. The molecule has 2 aromatic heterocycles. The normalized spacial score (nSPS) is 11.5. The summed E-state index contributed by atoms with van der Waals surface area (Å²) in [6.07, 6.45) is 1.54. The molecule has 4 aromatic carbocycles. The van der Waals surface area contributed by atoms with Crippen molar-refractivity contribution < 1.29 is 13.9 Å². The summed E-state index contributed by atoms with van der Waals surface area (Å²) in [6, 6.07) is 25.8. The van der Waals surface area contributed by atoms with E-state index in [2.05, 4.69) is 37.0 Å². The summed E-state index contributed by atoms with van der Waals surface area (Å²) >= 11 is 13.6. The number of fused-ring (bicyclic) bond motifs is 2. The van der Waals surface area contributed by atoms with E-state index in [9.17, 15) is 4.79 Å². The number of methoxy groups -OCH3 is 1. The molecule has 0 atom stereocenters. The molecular formula is C31H20Br2ClN3O4. The highest BCUT2D eigenvalue weighted by Crippen LogP contribution is 2.35. The Morgan fingerprint density at radius 3 is 2.59 bits per heavy atom. The highest BCUT2D eigenvalue weighted by Gasteiger charge is 2.18. The van der Waals surface area contributed by atoms with Gasteiger partial charge in [-0.1, -0.05) is 57.9 Å². The van der Waals surface area contributed by atoms with Crippen LogP contribution in [-0.4, -0.2) is 23.0 Å². The molecule has 0 fully saturated rings. The third kappa shape index (κ3) is 5.53. The molecule has 41 heavy (non-hydrogen) atoms. The van der Waals surface area contributed by atoms with E-state index in [1.807, 2.05) is 54.6 Å². The Balaban J connectivity index is 1.38. The first-order valence-corrected chi connectivity index (χ1v) is 14.4. The molecule has 7 nitrogen and oxygen atoms in total. The fraction of sp³-hybridized carbons (Fsp3) is 0.0645. The molecule has 0 N–H and O–H groups in total. The molecule has 204 valence electrons. The number of para-hydroxylation sites is 1. The quantitative estimate of drug-likeness (QED) is 0.157. The summed E-state index contributed by atoms with van der Waals surface area (Å²) in [5, 5.41) is 6.11. The highest BCUT2D eigenvalue weighted by molar-refractivity contribution is 9.10. The summed E-state index contributed by atoms with van der Waals surface area (Å²) in [5.74, 6) is 1.79. The molecule has 6 rings (SSSR count). The van der Waals surface area contributed by atoms with Gasteiger partial charge in [-0.2, -0.15) is 9.78 Å². The lowest BCUT2D eigenvalue weighted by Crippen LogP contribution is -2.20. The summed E-state index contributed by atoms with van der Waals surface area (Å²) in [7, 11) is 1.59. The van der Waals surface area contributed by atoms with Gasteiger partial charge >= 0.3 is 0 Å². The lowest BCUT2D eigenvalue weighted by Gasteiger charge is -2.11. The molecule has 2 heterocycles. The molecule has 6 aromatic rings. The topological polar surface area (TPSA) is 78.9 Å². The second-order valence-electron chi connectivity index (χ2n) is 9.03. The number of halogens is 3. The molecule has 0 aliphatic rings. The van der Waals surface area contributed by atoms with Gasteiger partial charge < -0.3 is 13.9 Å². The first-order chi connectivity index (χ1) is 19.9. The van der Waals surface area contributed by atoms with Crippen molar-refractivity contribution in [3.63, 3.8) is 0 Å². The lowest BCUT2D eigenvalue weighted by atomic mass is 10.2. The fourth-order valence-corrected chi connectivity index (χ4v) is 5.62. The smallest absolute Gasteiger partial charge is 0.282 e. The van der Waals surface area contributed by atoms with Crippen molar-refractivity contribution in [2.24, 2.45) is 5.10 Å². The summed E-state index contributed by atoms with van der Waals surface area (Å²) < 4.78 is 20.4. The number of rotatable bonds is 7. The van der Waals surface area contributed by atoms with Crippen molar-refractivity contribution >= 4 is 71.5 Å². The maximum atomic E-state index is 13.6. The Hall–Kier alpha value is -3.92. The summed E-state index contributed by atoms with van der Waals surface area (Å²) in [5.41, 5.74) is 2.45. The number of hydrogen-bond acceptors (Lipinski definition) is 6. The minimum Gasteiger partial charge on any atom is -0.496 e. The molecule has 0 amide bonds. The van der Waals surface area contributed by atoms with Crippen LogP contribution in [0.1, 0.15) is 11.1 Å². The molecule has 0 radical (unpaired) electrons. The molecular weight excluding hydrogens is 674 g/mol. The average molecular weight is 694 g/mol. The molecule has 0 saturated heterocycles. The zero-order valence-electron chi connectivity index (χ0n) is 21.5. The van der Waals surface area contributed by atoms with Crippen molar-refractivity contribution in [2.75, 3.05) is 7.11 Å². The maximum Gasteiger partial charge on any atom is 0.282 e. The number of benzene rings is 4. The van der Waals surface area contributed by atoms with Crippen LogP contribution in [0.4, 0.5) is 0 Å². The van der Waals surface area contributed by atoms with Gasteiger partial charge in [0.25, 0.3) is 5.56 Å². The summed E-state index contributed by atoms with van der Waals surface area (Å²) in [6.45, 7) is 0.350. The van der Waals surface area contributed by atoms with Gasteiger partial charge in [0.2, 0.25) is 5.82 Å². The zero-order valence-corrected chi connectivity index (χ0v) is 25.4. The number of furan rings is 1. The molecule has 0 aliphatic heterocycles. The van der Waals surface area contributed by atoms with Gasteiger partial charge in [0.15, 0.2) is 11.5 Å². The monoisotopic (exact) mass is 691 g/mol. The van der Waals surface area contributed by atoms with E-state index < -0.39 is 0 Å². The third-order valence-corrected chi connectivity index (χ3v) is 7.75. The van der Waals surface area contributed by atoms with Crippen LogP contribution in [0.3, 0.4) is 0 Å². The van der Waals surface area contributed by atoms with Crippen molar-refractivity contribution in [1.82, 2.24) is 9.66 Å². The number of nitrogens with zero attached hydrogens (tertiary/aromatic N) is 3. The second-order valence-corrected chi connectivity index (χ2v) is 11.2. The molecule has 0 saturated carbocycles. The minimum absolute atomic E-state index is 0.253. The Morgan fingerprint density at radius 1 is 1.00 bits per heavy atom. The molecule has 10 heteroatoms. The van der Waals surface area contributed by atoms with Crippen molar-refractivity contribution in [3.05, 3.63) is 120 Å². The first kappa shape index (κ1) is 27.3. The molecule has 0 spiro atoms. The fourth-order valence-electron chi connectivity index (χ4n) is 4.37. The van der Waals surface area contributed by atoms with Crippen LogP contribution in [0, 0.1) is 0 Å². The lowest BCUT2D eigenvalue weighted by molar-refractivity contribution is 0.304. The predicted molar refractivity (Wildman–Crippen MR) is 168 cm³/mol. The minimum atomic E-state index is -0.339. The SMILES string of the molecule is COc1cccc2oc(-c3nc4ccccc4c(=O)n3N=Cc3cc(Cl)c(OCc4ccc(Br)cc4)c(Br)c3)cc12. The van der Waals surface area contributed by atoms with Gasteiger partial charge in [0.1, 0.15) is 17.9 Å². The maximum absolute atomic E-state index is 13.6. The zero-order chi connectivity index (χ0) is 28.5. The Kier molecular flexibility index (Phi) is 7.66. The van der Waals surface area contributed by atoms with E-state index in [4.69, 9.17) is 30.5 Å². The van der Waals surface area contributed by atoms with E-state index in [0.29, 0.717) is 55.4 Å². The largest absolute Gasteiger partial charge is 0.496 e. The van der Waals surface area contributed by atoms with Gasteiger partial charge in [-0.3, -0.25) is 4.79 Å². The van der Waals surface area contributed by atoms with Gasteiger partial charge in [-0.25, -0.2) is 4.98 Å². The Morgan fingerprint density at radius 2 is 1.80 bits per heavy atom. The van der Waals surface area contributed by atoms with Crippen LogP contribution < -0.4 is 15.0 Å².